The predicted molar refractivity (Wildman–Crippen MR) is 65.3 cm³/mol. The molecule has 0 bridgehead atoms. The fourth-order valence-corrected chi connectivity index (χ4v) is 1.87. The van der Waals surface area contributed by atoms with Crippen molar-refractivity contribution in [3.63, 3.8) is 0 Å². The highest BCUT2D eigenvalue weighted by atomic mass is 19.1. The highest BCUT2D eigenvalue weighted by Crippen LogP contribution is 2.28. The van der Waals surface area contributed by atoms with Gasteiger partial charge in [-0.1, -0.05) is 12.1 Å². The molecular weight excluding hydrogens is 203 g/mol. The minimum absolute atomic E-state index is 0.264. The van der Waals surface area contributed by atoms with Crippen LogP contribution in [0.25, 0.3) is 10.9 Å². The maximum absolute atomic E-state index is 13.6. The fourth-order valence-electron chi connectivity index (χ4n) is 1.87. The summed E-state index contributed by atoms with van der Waals surface area (Å²) in [7, 11) is 0. The lowest BCUT2D eigenvalue weighted by Gasteiger charge is -2.13. The van der Waals surface area contributed by atoms with Crippen LogP contribution in [0.4, 0.5) is 10.1 Å². The zero-order valence-electron chi connectivity index (χ0n) is 9.76. The Labute approximate surface area is 94.5 Å². The molecule has 0 unspecified atom stereocenters. The summed E-state index contributed by atoms with van der Waals surface area (Å²) >= 11 is 0. The Hall–Kier alpha value is -1.64. The van der Waals surface area contributed by atoms with Crippen molar-refractivity contribution in [3.8, 4) is 0 Å². The van der Waals surface area contributed by atoms with Crippen LogP contribution in [-0.4, -0.2) is 11.5 Å². The SMILES string of the molecule is CCNc1c(C)c(C)nc2c(F)cccc12. The Morgan fingerprint density at radius 3 is 2.75 bits per heavy atom. The number of para-hydroxylation sites is 1. The number of pyridine rings is 1. The van der Waals surface area contributed by atoms with Gasteiger partial charge in [-0.05, 0) is 32.4 Å². The molecule has 1 N–H and O–H groups in total. The van der Waals surface area contributed by atoms with Gasteiger partial charge in [0.25, 0.3) is 0 Å². The van der Waals surface area contributed by atoms with E-state index < -0.39 is 0 Å². The number of fused-ring (bicyclic) bond motifs is 1. The maximum atomic E-state index is 13.6. The monoisotopic (exact) mass is 218 g/mol. The van der Waals surface area contributed by atoms with Crippen molar-refractivity contribution in [1.82, 2.24) is 4.98 Å². The molecule has 84 valence electrons. The average molecular weight is 218 g/mol. The minimum Gasteiger partial charge on any atom is -0.385 e. The van der Waals surface area contributed by atoms with Crippen LogP contribution in [0.5, 0.6) is 0 Å². The zero-order chi connectivity index (χ0) is 11.7. The van der Waals surface area contributed by atoms with E-state index in [1.54, 1.807) is 6.07 Å². The number of hydrogen-bond acceptors (Lipinski definition) is 2. The van der Waals surface area contributed by atoms with Crippen molar-refractivity contribution in [2.45, 2.75) is 20.8 Å². The summed E-state index contributed by atoms with van der Waals surface area (Å²) in [6.07, 6.45) is 0. The highest BCUT2D eigenvalue weighted by Gasteiger charge is 2.10. The molecule has 1 heterocycles. The molecule has 0 saturated carbocycles. The van der Waals surface area contributed by atoms with Crippen LogP contribution in [0.15, 0.2) is 18.2 Å². The van der Waals surface area contributed by atoms with Crippen LogP contribution in [-0.2, 0) is 0 Å². The van der Waals surface area contributed by atoms with Crippen LogP contribution >= 0.6 is 0 Å². The van der Waals surface area contributed by atoms with Gasteiger partial charge in [0.2, 0.25) is 0 Å². The van der Waals surface area contributed by atoms with E-state index >= 15 is 0 Å². The number of nitrogens with one attached hydrogen (secondary N) is 1. The Morgan fingerprint density at radius 1 is 1.31 bits per heavy atom. The maximum Gasteiger partial charge on any atom is 0.149 e. The van der Waals surface area contributed by atoms with E-state index in [1.165, 1.54) is 6.07 Å². The van der Waals surface area contributed by atoms with E-state index in [0.717, 1.165) is 28.9 Å². The van der Waals surface area contributed by atoms with E-state index in [1.807, 2.05) is 26.8 Å². The van der Waals surface area contributed by atoms with Crippen molar-refractivity contribution >= 4 is 16.6 Å². The Bertz CT molecular complexity index is 535. The van der Waals surface area contributed by atoms with E-state index in [-0.39, 0.29) is 5.82 Å². The number of aryl methyl sites for hydroxylation is 1. The highest BCUT2D eigenvalue weighted by molar-refractivity contribution is 5.93. The molecule has 0 aliphatic carbocycles. The van der Waals surface area contributed by atoms with Gasteiger partial charge in [-0.25, -0.2) is 9.37 Å². The number of aromatic nitrogens is 1. The Kier molecular flexibility index (Phi) is 2.77. The van der Waals surface area contributed by atoms with Gasteiger partial charge in [-0.2, -0.15) is 0 Å². The summed E-state index contributed by atoms with van der Waals surface area (Å²) < 4.78 is 13.6. The molecule has 1 aromatic heterocycles. The molecule has 0 aliphatic heterocycles. The summed E-state index contributed by atoms with van der Waals surface area (Å²) in [4.78, 5) is 4.30. The molecule has 3 heteroatoms. The fraction of sp³-hybridized carbons (Fsp3) is 0.308. The summed E-state index contributed by atoms with van der Waals surface area (Å²) in [5.74, 6) is -0.264. The summed E-state index contributed by atoms with van der Waals surface area (Å²) in [5.41, 5.74) is 3.39. The third-order valence-electron chi connectivity index (χ3n) is 2.81. The number of benzene rings is 1. The van der Waals surface area contributed by atoms with Crippen molar-refractivity contribution in [2.24, 2.45) is 0 Å². The Morgan fingerprint density at radius 2 is 2.06 bits per heavy atom. The summed E-state index contributed by atoms with van der Waals surface area (Å²) in [5, 5.41) is 4.13. The van der Waals surface area contributed by atoms with Crippen molar-refractivity contribution in [2.75, 3.05) is 11.9 Å². The van der Waals surface area contributed by atoms with Gasteiger partial charge in [0.1, 0.15) is 11.3 Å². The van der Waals surface area contributed by atoms with Crippen molar-refractivity contribution in [1.29, 1.82) is 0 Å². The first kappa shape index (κ1) is 10.9. The molecular formula is C13H15FN2. The summed E-state index contributed by atoms with van der Waals surface area (Å²) in [6.45, 7) is 6.75. The minimum atomic E-state index is -0.264. The standard InChI is InChI=1S/C13H15FN2/c1-4-15-12-8(2)9(3)16-13-10(12)6-5-7-11(13)14/h5-7H,4H2,1-3H3,(H,15,16). The largest absolute Gasteiger partial charge is 0.385 e. The normalized spacial score (nSPS) is 10.8. The topological polar surface area (TPSA) is 24.9 Å². The number of halogens is 1. The second-order valence-electron chi connectivity index (χ2n) is 3.86. The van der Waals surface area contributed by atoms with Gasteiger partial charge < -0.3 is 5.32 Å². The van der Waals surface area contributed by atoms with Crippen LogP contribution < -0.4 is 5.32 Å². The molecule has 0 saturated heterocycles. The molecule has 2 nitrogen and oxygen atoms in total. The summed E-state index contributed by atoms with van der Waals surface area (Å²) in [6, 6.07) is 5.06. The molecule has 1 aromatic carbocycles. The number of anilines is 1. The van der Waals surface area contributed by atoms with Crippen molar-refractivity contribution in [3.05, 3.63) is 35.3 Å². The third kappa shape index (κ3) is 1.62. The number of rotatable bonds is 2. The number of nitrogens with zero attached hydrogens (tertiary/aromatic N) is 1. The first-order valence-electron chi connectivity index (χ1n) is 5.44. The molecule has 0 amide bonds. The van der Waals surface area contributed by atoms with Crippen molar-refractivity contribution < 1.29 is 4.39 Å². The van der Waals surface area contributed by atoms with Gasteiger partial charge in [-0.15, -0.1) is 0 Å². The predicted octanol–water partition coefficient (Wildman–Crippen LogP) is 3.42. The lowest BCUT2D eigenvalue weighted by Crippen LogP contribution is -2.03. The van der Waals surface area contributed by atoms with E-state index in [2.05, 4.69) is 10.3 Å². The second kappa shape index (κ2) is 4.08. The van der Waals surface area contributed by atoms with E-state index in [9.17, 15) is 4.39 Å². The number of hydrogen-bond donors (Lipinski definition) is 1. The first-order chi connectivity index (χ1) is 7.65. The zero-order valence-corrected chi connectivity index (χ0v) is 9.76. The third-order valence-corrected chi connectivity index (χ3v) is 2.81. The molecule has 0 aliphatic rings. The molecule has 0 atom stereocenters. The molecule has 2 rings (SSSR count). The molecule has 2 aromatic rings. The quantitative estimate of drug-likeness (QED) is 0.835. The van der Waals surface area contributed by atoms with Gasteiger partial charge >= 0.3 is 0 Å². The molecule has 0 spiro atoms. The van der Waals surface area contributed by atoms with Crippen LogP contribution in [0.1, 0.15) is 18.2 Å². The van der Waals surface area contributed by atoms with E-state index in [0.29, 0.717) is 5.52 Å². The smallest absolute Gasteiger partial charge is 0.149 e. The second-order valence-corrected chi connectivity index (χ2v) is 3.86. The van der Waals surface area contributed by atoms with Crippen LogP contribution in [0, 0.1) is 19.7 Å². The van der Waals surface area contributed by atoms with Gasteiger partial charge in [-0.3, -0.25) is 0 Å². The van der Waals surface area contributed by atoms with Crippen LogP contribution in [0.3, 0.4) is 0 Å². The van der Waals surface area contributed by atoms with E-state index in [4.69, 9.17) is 0 Å². The lowest BCUT2D eigenvalue weighted by molar-refractivity contribution is 0.636. The molecule has 16 heavy (non-hydrogen) atoms. The lowest BCUT2D eigenvalue weighted by atomic mass is 10.1. The first-order valence-corrected chi connectivity index (χ1v) is 5.44. The van der Waals surface area contributed by atoms with Crippen LogP contribution in [0.2, 0.25) is 0 Å². The molecule has 0 radical (unpaired) electrons. The Balaban J connectivity index is 2.83. The average Bonchev–Trinajstić information content (AvgIpc) is 2.26. The molecule has 0 fully saturated rings. The van der Waals surface area contributed by atoms with Gasteiger partial charge in [0.05, 0.1) is 0 Å². The van der Waals surface area contributed by atoms with Gasteiger partial charge in [0, 0.05) is 23.3 Å². The van der Waals surface area contributed by atoms with Gasteiger partial charge in [0.15, 0.2) is 0 Å².